The van der Waals surface area contributed by atoms with Gasteiger partial charge in [-0.2, -0.15) is 0 Å². The fraction of sp³-hybridized carbons (Fsp3) is 0.950. The van der Waals surface area contributed by atoms with Crippen molar-refractivity contribution in [2.75, 3.05) is 6.16 Å². The summed E-state index contributed by atoms with van der Waals surface area (Å²) in [6.45, 7) is 4.34. The average molecular weight is 347 g/mol. The third kappa shape index (κ3) is 30.4. The summed E-state index contributed by atoms with van der Waals surface area (Å²) in [5.74, 6) is -0.682. The van der Waals surface area contributed by atoms with Crippen molar-refractivity contribution >= 4 is 15.2 Å². The average Bonchev–Trinajstić information content (AvgIpc) is 2.53. The standard InChI is InChI=1S/C14H31P.C6H12O2/c1-2-3-4-5-6-7-8-9-10-11-12-13-14-15;1-2-3-4-5-6(7)8/h2-15H2,1H3;2-5H2,1H3,(H,7,8). The van der Waals surface area contributed by atoms with E-state index in [-0.39, 0.29) is 0 Å². The largest absolute Gasteiger partial charge is 0.481 e. The van der Waals surface area contributed by atoms with Gasteiger partial charge >= 0.3 is 5.97 Å². The summed E-state index contributed by atoms with van der Waals surface area (Å²) in [6, 6.07) is 0. The molecule has 0 aliphatic heterocycles. The van der Waals surface area contributed by atoms with Crippen molar-refractivity contribution in [2.24, 2.45) is 0 Å². The molecule has 0 aromatic carbocycles. The fourth-order valence-corrected chi connectivity index (χ4v) is 2.80. The Kier molecular flexibility index (Phi) is 26.4. The van der Waals surface area contributed by atoms with E-state index in [0.29, 0.717) is 6.42 Å². The molecule has 2 nitrogen and oxygen atoms in total. The van der Waals surface area contributed by atoms with Crippen LogP contribution >= 0.6 is 9.24 Å². The van der Waals surface area contributed by atoms with Crippen LogP contribution in [0.25, 0.3) is 0 Å². The molecule has 0 aliphatic carbocycles. The first-order valence-electron chi connectivity index (χ1n) is 10.1. The first-order chi connectivity index (χ1) is 11.2. The lowest BCUT2D eigenvalue weighted by Crippen LogP contribution is -1.92. The number of carboxylic acid groups (broad SMARTS) is 1. The predicted molar refractivity (Wildman–Crippen MR) is 107 cm³/mol. The van der Waals surface area contributed by atoms with Crippen molar-refractivity contribution in [2.45, 2.75) is 117 Å². The molecule has 0 saturated heterocycles. The van der Waals surface area contributed by atoms with E-state index in [1.165, 1.54) is 83.2 Å². The second-order valence-electron chi connectivity index (χ2n) is 6.53. The van der Waals surface area contributed by atoms with Crippen LogP contribution in [0.3, 0.4) is 0 Å². The van der Waals surface area contributed by atoms with Gasteiger partial charge in [0, 0.05) is 6.42 Å². The molecule has 0 rings (SSSR count). The van der Waals surface area contributed by atoms with E-state index in [0.717, 1.165) is 19.3 Å². The van der Waals surface area contributed by atoms with Gasteiger partial charge in [0.05, 0.1) is 0 Å². The number of hydrogen-bond donors (Lipinski definition) is 1. The smallest absolute Gasteiger partial charge is 0.303 e. The van der Waals surface area contributed by atoms with Crippen molar-refractivity contribution in [3.63, 3.8) is 0 Å². The number of hydrogen-bond acceptors (Lipinski definition) is 1. The lowest BCUT2D eigenvalue weighted by Gasteiger charge is -2.01. The summed E-state index contributed by atoms with van der Waals surface area (Å²) in [5.41, 5.74) is 0. The van der Waals surface area contributed by atoms with E-state index >= 15 is 0 Å². The van der Waals surface area contributed by atoms with E-state index in [2.05, 4.69) is 23.1 Å². The molecule has 0 radical (unpaired) electrons. The van der Waals surface area contributed by atoms with Gasteiger partial charge < -0.3 is 5.11 Å². The second kappa shape index (κ2) is 24.2. The van der Waals surface area contributed by atoms with Crippen molar-refractivity contribution in [3.05, 3.63) is 0 Å². The summed E-state index contributed by atoms with van der Waals surface area (Å²) in [4.78, 5) is 9.87. The van der Waals surface area contributed by atoms with E-state index in [1.807, 2.05) is 0 Å². The maximum Gasteiger partial charge on any atom is 0.303 e. The first-order valence-corrected chi connectivity index (χ1v) is 10.9. The summed E-state index contributed by atoms with van der Waals surface area (Å²) < 4.78 is 0. The molecule has 3 heteroatoms. The van der Waals surface area contributed by atoms with Gasteiger partial charge in [0.2, 0.25) is 0 Å². The highest BCUT2D eigenvalue weighted by Gasteiger charge is 1.93. The van der Waals surface area contributed by atoms with Gasteiger partial charge in [-0.1, -0.05) is 97.3 Å². The van der Waals surface area contributed by atoms with E-state index < -0.39 is 5.97 Å². The molecule has 0 saturated carbocycles. The van der Waals surface area contributed by atoms with Crippen LogP contribution in [-0.2, 0) is 4.79 Å². The van der Waals surface area contributed by atoms with Crippen molar-refractivity contribution in [1.82, 2.24) is 0 Å². The molecule has 0 bridgehead atoms. The Hall–Kier alpha value is -0.100. The van der Waals surface area contributed by atoms with Gasteiger partial charge in [-0.25, -0.2) is 0 Å². The van der Waals surface area contributed by atoms with E-state index in [1.54, 1.807) is 0 Å². The van der Waals surface area contributed by atoms with Crippen LogP contribution in [-0.4, -0.2) is 17.2 Å². The summed E-state index contributed by atoms with van der Waals surface area (Å²) >= 11 is 0. The molecule has 0 aromatic rings. The number of aliphatic carboxylic acids is 1. The van der Waals surface area contributed by atoms with Crippen LogP contribution < -0.4 is 0 Å². The Labute approximate surface area is 148 Å². The minimum Gasteiger partial charge on any atom is -0.481 e. The predicted octanol–water partition coefficient (Wildman–Crippen LogP) is 7.21. The zero-order valence-corrected chi connectivity index (χ0v) is 17.1. The fourth-order valence-electron chi connectivity index (χ4n) is 2.51. The molecule has 1 atom stereocenters. The number of carboxylic acids is 1. The lowest BCUT2D eigenvalue weighted by atomic mass is 10.1. The van der Waals surface area contributed by atoms with Crippen LogP contribution in [0.2, 0.25) is 0 Å². The zero-order valence-electron chi connectivity index (χ0n) is 16.0. The highest BCUT2D eigenvalue weighted by Crippen LogP contribution is 2.12. The highest BCUT2D eigenvalue weighted by molar-refractivity contribution is 7.16. The van der Waals surface area contributed by atoms with Gasteiger partial charge in [-0.05, 0) is 19.0 Å². The van der Waals surface area contributed by atoms with Crippen molar-refractivity contribution < 1.29 is 9.90 Å². The second-order valence-corrected chi connectivity index (χ2v) is 7.11. The molecule has 1 N–H and O–H groups in total. The summed E-state index contributed by atoms with van der Waals surface area (Å²) in [6.07, 6.45) is 22.0. The molecule has 0 amide bonds. The number of unbranched alkanes of at least 4 members (excludes halogenated alkanes) is 13. The number of carbonyl (C=O) groups is 1. The van der Waals surface area contributed by atoms with Crippen molar-refractivity contribution in [1.29, 1.82) is 0 Å². The Morgan fingerprint density at radius 1 is 0.652 bits per heavy atom. The number of rotatable bonds is 16. The minimum atomic E-state index is -0.682. The zero-order chi connectivity index (χ0) is 17.6. The molecule has 0 aliphatic rings. The van der Waals surface area contributed by atoms with Gasteiger partial charge in [-0.3, -0.25) is 4.79 Å². The molecule has 140 valence electrons. The Morgan fingerprint density at radius 2 is 1.00 bits per heavy atom. The minimum absolute atomic E-state index is 0.327. The summed E-state index contributed by atoms with van der Waals surface area (Å²) in [5, 5.41) is 8.14. The van der Waals surface area contributed by atoms with Gasteiger partial charge in [0.1, 0.15) is 0 Å². The molecular formula is C20H43O2P. The Morgan fingerprint density at radius 3 is 1.35 bits per heavy atom. The van der Waals surface area contributed by atoms with Crippen LogP contribution in [0, 0.1) is 0 Å². The van der Waals surface area contributed by atoms with Crippen LogP contribution in [0.15, 0.2) is 0 Å². The molecule has 23 heavy (non-hydrogen) atoms. The van der Waals surface area contributed by atoms with Gasteiger partial charge in [-0.15, -0.1) is 9.24 Å². The van der Waals surface area contributed by atoms with E-state index in [9.17, 15) is 4.79 Å². The topological polar surface area (TPSA) is 37.3 Å². The SMILES string of the molecule is CCCCCC(=O)O.CCCCCCCCCCCCCCP. The normalized spacial score (nSPS) is 10.2. The molecule has 0 heterocycles. The lowest BCUT2D eigenvalue weighted by molar-refractivity contribution is -0.137. The molecule has 0 fully saturated rings. The highest BCUT2D eigenvalue weighted by atomic mass is 31.0. The summed E-state index contributed by atoms with van der Waals surface area (Å²) in [7, 11) is 2.81. The third-order valence-corrected chi connectivity index (χ3v) is 4.46. The van der Waals surface area contributed by atoms with Gasteiger partial charge in [0.15, 0.2) is 0 Å². The van der Waals surface area contributed by atoms with Crippen LogP contribution in [0.1, 0.15) is 117 Å². The molecule has 1 unspecified atom stereocenters. The Balaban J connectivity index is 0. The van der Waals surface area contributed by atoms with E-state index in [4.69, 9.17) is 5.11 Å². The van der Waals surface area contributed by atoms with Crippen LogP contribution in [0.5, 0.6) is 0 Å². The maximum atomic E-state index is 9.87. The molecule has 0 spiro atoms. The monoisotopic (exact) mass is 346 g/mol. The quantitative estimate of drug-likeness (QED) is 0.237. The van der Waals surface area contributed by atoms with Gasteiger partial charge in [0.25, 0.3) is 0 Å². The van der Waals surface area contributed by atoms with Crippen LogP contribution in [0.4, 0.5) is 0 Å². The first kappa shape index (κ1) is 25.1. The third-order valence-electron chi connectivity index (χ3n) is 4.05. The molecular weight excluding hydrogens is 303 g/mol. The molecule has 0 aromatic heterocycles. The van der Waals surface area contributed by atoms with Crippen molar-refractivity contribution in [3.8, 4) is 0 Å². The maximum absolute atomic E-state index is 9.87. The Bertz CT molecular complexity index is 208.